The Kier molecular flexibility index (Phi) is 1.28. The Morgan fingerprint density at radius 3 is 2.00 bits per heavy atom. The Morgan fingerprint density at radius 2 is 1.90 bits per heavy atom. The van der Waals surface area contributed by atoms with Crippen LogP contribution in [0.15, 0.2) is 0 Å². The quantitative estimate of drug-likeness (QED) is 0.604. The maximum atomic E-state index is 3.65. The molecule has 1 atom stereocenters. The molecule has 0 spiro atoms. The fourth-order valence-electron chi connectivity index (χ4n) is 2.41. The lowest BCUT2D eigenvalue weighted by Gasteiger charge is -2.15. The van der Waals surface area contributed by atoms with Crippen molar-refractivity contribution in [2.45, 2.75) is 33.1 Å². The monoisotopic (exact) mass is 202 g/mol. The first-order valence-electron chi connectivity index (χ1n) is 4.18. The van der Waals surface area contributed by atoms with E-state index in [0.717, 1.165) is 5.92 Å². The van der Waals surface area contributed by atoms with Gasteiger partial charge in [0.15, 0.2) is 0 Å². The predicted molar refractivity (Wildman–Crippen MR) is 47.3 cm³/mol. The highest BCUT2D eigenvalue weighted by Gasteiger charge is 2.66. The summed E-state index contributed by atoms with van der Waals surface area (Å²) in [5, 5.41) is 1.23. The smallest absolute Gasteiger partial charge is 0.00959 e. The molecule has 0 bridgehead atoms. The molecule has 58 valence electrons. The van der Waals surface area contributed by atoms with Gasteiger partial charge in [-0.15, -0.1) is 0 Å². The van der Waals surface area contributed by atoms with E-state index < -0.39 is 0 Å². The summed E-state index contributed by atoms with van der Waals surface area (Å²) in [6, 6.07) is 0. The number of hydrogen-bond donors (Lipinski definition) is 0. The third-order valence-corrected chi connectivity index (χ3v) is 4.58. The van der Waals surface area contributed by atoms with Crippen LogP contribution in [0.1, 0.15) is 33.1 Å². The van der Waals surface area contributed by atoms with Gasteiger partial charge in [0.25, 0.3) is 0 Å². The van der Waals surface area contributed by atoms with Crippen LogP contribution in [0.2, 0.25) is 0 Å². The summed E-state index contributed by atoms with van der Waals surface area (Å²) in [6.45, 7) is 4.82. The lowest BCUT2D eigenvalue weighted by Crippen LogP contribution is -2.12. The van der Waals surface area contributed by atoms with E-state index in [1.807, 2.05) is 0 Å². The number of alkyl halides is 1. The lowest BCUT2D eigenvalue weighted by atomic mass is 9.93. The van der Waals surface area contributed by atoms with Gasteiger partial charge in [0, 0.05) is 5.33 Å². The Hall–Kier alpha value is 0.480. The molecule has 2 aliphatic carbocycles. The van der Waals surface area contributed by atoms with Crippen molar-refractivity contribution < 1.29 is 0 Å². The maximum Gasteiger partial charge on any atom is 0.00959 e. The van der Waals surface area contributed by atoms with E-state index in [0.29, 0.717) is 10.8 Å². The molecule has 1 heteroatoms. The van der Waals surface area contributed by atoms with E-state index in [2.05, 4.69) is 29.8 Å². The number of hydrogen-bond acceptors (Lipinski definition) is 0. The van der Waals surface area contributed by atoms with Gasteiger partial charge in [0.05, 0.1) is 0 Å². The zero-order valence-corrected chi connectivity index (χ0v) is 8.37. The molecule has 2 rings (SSSR count). The van der Waals surface area contributed by atoms with Crippen molar-refractivity contribution >= 4 is 15.9 Å². The summed E-state index contributed by atoms with van der Waals surface area (Å²) < 4.78 is 0. The average molecular weight is 203 g/mol. The SMILES string of the molecule is CC1(C)CC1(CBr)C1CC1. The van der Waals surface area contributed by atoms with E-state index in [4.69, 9.17) is 0 Å². The van der Waals surface area contributed by atoms with Crippen molar-refractivity contribution in [2.75, 3.05) is 5.33 Å². The van der Waals surface area contributed by atoms with Crippen LogP contribution < -0.4 is 0 Å². The minimum atomic E-state index is 0.650. The summed E-state index contributed by atoms with van der Waals surface area (Å²) in [7, 11) is 0. The van der Waals surface area contributed by atoms with Crippen molar-refractivity contribution in [3.05, 3.63) is 0 Å². The van der Waals surface area contributed by atoms with Gasteiger partial charge in [-0.2, -0.15) is 0 Å². The lowest BCUT2D eigenvalue weighted by molar-refractivity contribution is 0.379. The van der Waals surface area contributed by atoms with E-state index in [9.17, 15) is 0 Å². The predicted octanol–water partition coefficient (Wildman–Crippen LogP) is 3.21. The standard InChI is InChI=1S/C9H15Br/c1-8(2)5-9(8,6-10)7-3-4-7/h7H,3-6H2,1-2H3. The van der Waals surface area contributed by atoms with Gasteiger partial charge in [-0.1, -0.05) is 29.8 Å². The number of halogens is 1. The van der Waals surface area contributed by atoms with Crippen LogP contribution in [0, 0.1) is 16.7 Å². The fraction of sp³-hybridized carbons (Fsp3) is 1.00. The normalized spacial score (nSPS) is 43.5. The topological polar surface area (TPSA) is 0 Å². The molecule has 10 heavy (non-hydrogen) atoms. The summed E-state index contributed by atoms with van der Waals surface area (Å²) in [6.07, 6.45) is 4.44. The molecule has 2 aliphatic rings. The molecule has 2 fully saturated rings. The van der Waals surface area contributed by atoms with Crippen molar-refractivity contribution in [2.24, 2.45) is 16.7 Å². The molecule has 0 saturated heterocycles. The Labute approximate surface area is 71.5 Å². The Bertz CT molecular complexity index is 158. The molecule has 0 aliphatic heterocycles. The van der Waals surface area contributed by atoms with Crippen LogP contribution in [-0.2, 0) is 0 Å². The van der Waals surface area contributed by atoms with Gasteiger partial charge in [-0.25, -0.2) is 0 Å². The molecular formula is C9H15Br. The zero-order chi connectivity index (χ0) is 7.41. The highest BCUT2D eigenvalue weighted by molar-refractivity contribution is 9.09. The number of rotatable bonds is 2. The van der Waals surface area contributed by atoms with E-state index >= 15 is 0 Å². The second-order valence-corrected chi connectivity index (χ2v) is 5.19. The highest BCUT2D eigenvalue weighted by Crippen LogP contribution is 2.73. The second-order valence-electron chi connectivity index (χ2n) is 4.62. The molecule has 0 amide bonds. The fourth-order valence-corrected chi connectivity index (χ4v) is 3.83. The van der Waals surface area contributed by atoms with Crippen molar-refractivity contribution in [3.8, 4) is 0 Å². The molecule has 0 N–H and O–H groups in total. The van der Waals surface area contributed by atoms with Crippen LogP contribution in [-0.4, -0.2) is 5.33 Å². The Balaban J connectivity index is 2.12. The van der Waals surface area contributed by atoms with Gasteiger partial charge < -0.3 is 0 Å². The first kappa shape index (κ1) is 7.15. The van der Waals surface area contributed by atoms with Crippen LogP contribution in [0.3, 0.4) is 0 Å². The van der Waals surface area contributed by atoms with Crippen LogP contribution >= 0.6 is 15.9 Å². The molecule has 0 aromatic carbocycles. The van der Waals surface area contributed by atoms with Crippen LogP contribution in [0.5, 0.6) is 0 Å². The first-order chi connectivity index (χ1) is 4.62. The van der Waals surface area contributed by atoms with Crippen molar-refractivity contribution in [1.82, 2.24) is 0 Å². The van der Waals surface area contributed by atoms with Gasteiger partial charge >= 0.3 is 0 Å². The van der Waals surface area contributed by atoms with Gasteiger partial charge in [0.2, 0.25) is 0 Å². The first-order valence-corrected chi connectivity index (χ1v) is 5.30. The molecule has 0 radical (unpaired) electrons. The van der Waals surface area contributed by atoms with Crippen molar-refractivity contribution in [1.29, 1.82) is 0 Å². The molecule has 0 aromatic rings. The second kappa shape index (κ2) is 1.80. The third-order valence-electron chi connectivity index (χ3n) is 3.58. The van der Waals surface area contributed by atoms with Gasteiger partial charge in [-0.3, -0.25) is 0 Å². The zero-order valence-electron chi connectivity index (χ0n) is 6.78. The van der Waals surface area contributed by atoms with Crippen LogP contribution in [0.25, 0.3) is 0 Å². The van der Waals surface area contributed by atoms with E-state index in [-0.39, 0.29) is 0 Å². The molecular weight excluding hydrogens is 188 g/mol. The molecule has 2 saturated carbocycles. The minimum Gasteiger partial charge on any atom is -0.0922 e. The average Bonchev–Trinajstić information content (AvgIpc) is 2.64. The minimum absolute atomic E-state index is 0.650. The highest BCUT2D eigenvalue weighted by atomic mass is 79.9. The summed E-state index contributed by atoms with van der Waals surface area (Å²) >= 11 is 3.65. The van der Waals surface area contributed by atoms with Gasteiger partial charge in [0.1, 0.15) is 0 Å². The van der Waals surface area contributed by atoms with E-state index in [1.165, 1.54) is 24.6 Å². The maximum absolute atomic E-state index is 3.65. The molecule has 0 aromatic heterocycles. The molecule has 1 unspecified atom stereocenters. The van der Waals surface area contributed by atoms with Gasteiger partial charge in [-0.05, 0) is 36.0 Å². The third kappa shape index (κ3) is 0.731. The molecule has 0 heterocycles. The van der Waals surface area contributed by atoms with E-state index in [1.54, 1.807) is 0 Å². The Morgan fingerprint density at radius 1 is 1.40 bits per heavy atom. The summed E-state index contributed by atoms with van der Waals surface area (Å²) in [4.78, 5) is 0. The summed E-state index contributed by atoms with van der Waals surface area (Å²) in [5.41, 5.74) is 1.37. The van der Waals surface area contributed by atoms with Crippen molar-refractivity contribution in [3.63, 3.8) is 0 Å². The molecule has 0 nitrogen and oxygen atoms in total. The largest absolute Gasteiger partial charge is 0.0922 e. The summed E-state index contributed by atoms with van der Waals surface area (Å²) in [5.74, 6) is 1.07. The van der Waals surface area contributed by atoms with Crippen LogP contribution in [0.4, 0.5) is 0 Å².